The van der Waals surface area contributed by atoms with Crippen molar-refractivity contribution in [2.45, 2.75) is 331 Å². The average Bonchev–Trinajstić information content (AvgIpc) is 1.67. The van der Waals surface area contributed by atoms with Crippen molar-refractivity contribution >= 4 is 83.9 Å². The predicted molar refractivity (Wildman–Crippen MR) is 517 cm³/mol. The topological polar surface area (TPSA) is 264 Å². The van der Waals surface area contributed by atoms with E-state index < -0.39 is 18.0 Å². The quantitative estimate of drug-likeness (QED) is 0.0108. The number of benzene rings is 2. The first-order valence-corrected chi connectivity index (χ1v) is 52.5. The van der Waals surface area contributed by atoms with E-state index in [1.807, 2.05) is 36.4 Å². The Labute approximate surface area is 787 Å². The van der Waals surface area contributed by atoms with E-state index in [0.717, 1.165) is 191 Å². The molecule has 4 aromatic heterocycles. The number of ketones is 1. The minimum absolute atomic E-state index is 0.0388. The Morgan fingerprint density at radius 1 is 0.519 bits per heavy atom. The number of allylic oxidation sites excluding steroid dienone is 2. The lowest BCUT2D eigenvalue weighted by molar-refractivity contribution is -0.155. The van der Waals surface area contributed by atoms with Gasteiger partial charge in [-0.25, -0.2) is 14.8 Å². The molecule has 3 N–H and O–H groups in total. The van der Waals surface area contributed by atoms with Crippen LogP contribution >= 0.6 is 22.7 Å². The van der Waals surface area contributed by atoms with Crippen molar-refractivity contribution in [2.75, 3.05) is 45.3 Å². The molecule has 21 nitrogen and oxygen atoms in total. The molecule has 20 atom stereocenters. The number of hydrogen-bond acceptors (Lipinski definition) is 21. The lowest BCUT2D eigenvalue weighted by Crippen LogP contribution is -2.51. The monoisotopic (exact) mass is 1830 g/mol. The molecule has 2 aromatic carbocycles. The number of nitrogens with one attached hydrogen (secondary N) is 3. The average molecular weight is 1840 g/mol. The smallest absolute Gasteiger partial charge is 0.407 e. The van der Waals surface area contributed by atoms with Gasteiger partial charge in [0.1, 0.15) is 59.3 Å². The van der Waals surface area contributed by atoms with E-state index in [2.05, 4.69) is 107 Å². The number of alkyl carbamates (subject to hydrolysis) is 1. The van der Waals surface area contributed by atoms with E-state index in [-0.39, 0.29) is 104 Å². The summed E-state index contributed by atoms with van der Waals surface area (Å²) < 4.78 is 49.6. The van der Waals surface area contributed by atoms with Crippen LogP contribution in [-0.4, -0.2) is 126 Å². The highest BCUT2D eigenvalue weighted by atomic mass is 32.1. The first-order valence-electron chi connectivity index (χ1n) is 50.8. The molecule has 4 heterocycles. The third-order valence-corrected chi connectivity index (χ3v) is 35.6. The Kier molecular flexibility index (Phi) is 33.0. The van der Waals surface area contributed by atoms with E-state index >= 15 is 0 Å². The van der Waals surface area contributed by atoms with Crippen molar-refractivity contribution in [2.24, 2.45) is 98.6 Å². The Hall–Kier alpha value is -7.86. The SMILES string of the molecule is CCC(=O)c1cc(Oc2ccc3nc(N[C@H]4CCCC[C@@H]4OC(=O)CCC(=O)OCCOCCO[C@H]4CC[C@@]5(C)C(=CCC6C5CC[C@@]5(C)C6CC[C@@H]5[C@H](C)CCCC(C)C)C4)sc3c2)ccn1.CNC(=O)c1cc(Oc2ccc3nc(C[C@H]4CCCC[C@@H]4OC(=O)CCNC(=O)O[C@H]4CC[C@@]5(C)C(=CCC6C5CC[C@@]5(C)C6CC[C@@H]5[C@H](C)CCCC(C)C)C4)sc3c2)ccn1. The summed E-state index contributed by atoms with van der Waals surface area (Å²) in [4.78, 5) is 93.7. The Balaban J connectivity index is 0.000000201. The maximum absolute atomic E-state index is 13.1. The fraction of sp³-hybridized carbons (Fsp3) is 0.685. The highest BCUT2D eigenvalue weighted by Crippen LogP contribution is 2.70. The number of aromatic nitrogens is 4. The van der Waals surface area contributed by atoms with Gasteiger partial charge in [-0.05, 0) is 264 Å². The summed E-state index contributed by atoms with van der Waals surface area (Å²) in [6, 6.07) is 18.1. The molecule has 10 aliphatic rings. The standard InChI is InChI=1S/C56H79N3O8S.C52H72N4O6S/c1-7-49(60)48-34-41(25-28-57-48)66-40-16-20-47-51(35-40)68-54(59-47)58-46-13-8-9-14-50(46)67-53(62)22-21-52(61)65-32-30-63-29-31-64-39-23-26-55(5)38(33-39)15-17-42-44-19-18-43(37(4)12-10-11-36(2)3)56(44,6)27-24-45(42)55;1-32(2)10-9-11-33(3)40-17-18-41-39-16-14-35-29-37(20-24-51(35,4)42(39)21-25-52(40,41)5)61-50(59)55-27-23-48(57)62-45-13-8-7-12-34(45)28-47-56-43-19-15-36(31-46(43)63-47)60-38-22-26-54-44(30-38)49(58)53-6/h15-16,20,25,28,34-37,39,42-46,50H,7-14,17-19,21-24,26-27,29-33H2,1-6H3,(H,58,59);14-15,19,22,26,30-34,37,39-42,45H,7-13,16-18,20-21,23-25,27-29H2,1-6H3,(H,53,58)(H,55,59)/t37-,39+,42?,43-,44?,45?,46+,50+,55+,56-;33-,34-,37+,39?,40-,41?,42?,45+,51+,52-/m11/s1. The highest BCUT2D eigenvalue weighted by molar-refractivity contribution is 7.22. The molecule has 131 heavy (non-hydrogen) atoms. The summed E-state index contributed by atoms with van der Waals surface area (Å²) >= 11 is 3.13. The maximum Gasteiger partial charge on any atom is 0.407 e. The number of esters is 3. The van der Waals surface area contributed by atoms with Crippen LogP contribution in [0.2, 0.25) is 0 Å². The minimum atomic E-state index is -0.438. The molecule has 2 amide bonds. The van der Waals surface area contributed by atoms with Crippen molar-refractivity contribution in [1.82, 2.24) is 30.6 Å². The van der Waals surface area contributed by atoms with Crippen LogP contribution in [-0.2, 0) is 49.2 Å². The first-order chi connectivity index (χ1) is 63.1. The van der Waals surface area contributed by atoms with Gasteiger partial charge >= 0.3 is 24.0 Å². The zero-order valence-corrected chi connectivity index (χ0v) is 82.2. The van der Waals surface area contributed by atoms with Gasteiger partial charge < -0.3 is 53.8 Å². The predicted octanol–water partition coefficient (Wildman–Crippen LogP) is 25.1. The van der Waals surface area contributed by atoms with Crippen LogP contribution in [0.3, 0.4) is 0 Å². The second-order valence-electron chi connectivity index (χ2n) is 42.6. The van der Waals surface area contributed by atoms with Gasteiger partial charge in [0.15, 0.2) is 10.9 Å². The summed E-state index contributed by atoms with van der Waals surface area (Å²) in [6.45, 7) is 28.4. The van der Waals surface area contributed by atoms with Crippen LogP contribution in [0.15, 0.2) is 96.4 Å². The van der Waals surface area contributed by atoms with Crippen molar-refractivity contribution in [3.05, 3.63) is 113 Å². The zero-order chi connectivity index (χ0) is 92.1. The molecular formula is C108H151N7O14S2. The van der Waals surface area contributed by atoms with E-state index in [9.17, 15) is 28.8 Å². The van der Waals surface area contributed by atoms with Crippen molar-refractivity contribution in [3.63, 3.8) is 0 Å². The molecule has 714 valence electrons. The number of anilines is 1. The van der Waals surface area contributed by atoms with Crippen LogP contribution in [0.1, 0.15) is 320 Å². The third kappa shape index (κ3) is 23.6. The first kappa shape index (κ1) is 97.7. The van der Waals surface area contributed by atoms with Gasteiger partial charge in [0, 0.05) is 75.4 Å². The number of carbonyl (C=O) groups is 6. The number of hydrogen-bond donors (Lipinski definition) is 3. The number of rotatable bonds is 37. The molecule has 0 spiro atoms. The highest BCUT2D eigenvalue weighted by Gasteiger charge is 2.61. The van der Waals surface area contributed by atoms with E-state index in [0.29, 0.717) is 64.6 Å². The summed E-state index contributed by atoms with van der Waals surface area (Å²) in [7, 11) is 1.57. The van der Waals surface area contributed by atoms with Gasteiger partial charge in [0.25, 0.3) is 5.91 Å². The van der Waals surface area contributed by atoms with Gasteiger partial charge in [0.05, 0.1) is 76.7 Å². The molecule has 0 radical (unpaired) electrons. The summed E-state index contributed by atoms with van der Waals surface area (Å²) in [5.41, 5.74) is 7.07. The molecule has 0 aliphatic heterocycles. The van der Waals surface area contributed by atoms with E-state index in [4.69, 9.17) is 47.9 Å². The number of thiazole rings is 2. The minimum Gasteiger partial charge on any atom is -0.463 e. The fourth-order valence-electron chi connectivity index (χ4n) is 26.6. The molecule has 6 aromatic rings. The second-order valence-corrected chi connectivity index (χ2v) is 44.8. The lowest BCUT2D eigenvalue weighted by Gasteiger charge is -2.58. The Bertz CT molecular complexity index is 4970. The zero-order valence-electron chi connectivity index (χ0n) is 80.6. The number of ether oxygens (including phenoxy) is 8. The number of amides is 2. The molecule has 8 saturated carbocycles. The van der Waals surface area contributed by atoms with Crippen LogP contribution in [0, 0.1) is 98.6 Å². The maximum atomic E-state index is 13.1. The van der Waals surface area contributed by atoms with Gasteiger partial charge in [-0.3, -0.25) is 33.9 Å². The molecule has 16 rings (SSSR count). The summed E-state index contributed by atoms with van der Waals surface area (Å²) in [6.07, 6.45) is 44.2. The second kappa shape index (κ2) is 44.3. The van der Waals surface area contributed by atoms with Crippen molar-refractivity contribution in [1.29, 1.82) is 0 Å². The molecule has 6 unspecified atom stereocenters. The summed E-state index contributed by atoms with van der Waals surface area (Å²) in [5.74, 6) is 11.0. The summed E-state index contributed by atoms with van der Waals surface area (Å²) in [5, 5.41) is 10.7. The number of Topliss-reactive ketones (excluding diaryl/α,β-unsaturated/α-hetero) is 1. The Morgan fingerprint density at radius 3 is 1.69 bits per heavy atom. The van der Waals surface area contributed by atoms with Gasteiger partial charge in [0.2, 0.25) is 0 Å². The van der Waals surface area contributed by atoms with Gasteiger partial charge in [-0.2, -0.15) is 0 Å². The number of fused-ring (bicyclic) bond motifs is 12. The molecule has 10 aliphatic carbocycles. The lowest BCUT2D eigenvalue weighted by atomic mass is 9.47. The normalized spacial score (nSPS) is 30.0. The van der Waals surface area contributed by atoms with Crippen LogP contribution in [0.4, 0.5) is 9.93 Å². The molecule has 0 saturated heterocycles. The van der Waals surface area contributed by atoms with Crippen LogP contribution in [0.25, 0.3) is 20.4 Å². The third-order valence-electron chi connectivity index (χ3n) is 33.6. The van der Waals surface area contributed by atoms with E-state index in [1.54, 1.807) is 67.5 Å². The molecule has 0 bridgehead atoms. The molecular weight excluding hydrogens is 1680 g/mol. The fourth-order valence-corrected chi connectivity index (χ4v) is 28.7. The van der Waals surface area contributed by atoms with Crippen molar-refractivity contribution < 1.29 is 66.7 Å². The van der Waals surface area contributed by atoms with E-state index in [1.165, 1.54) is 126 Å². The van der Waals surface area contributed by atoms with Crippen LogP contribution < -0.4 is 25.4 Å². The molecule has 23 heteroatoms. The number of pyridine rings is 2. The number of carbonyl (C=O) groups excluding carboxylic acids is 6. The number of nitrogens with zero attached hydrogens (tertiary/aromatic N) is 4. The van der Waals surface area contributed by atoms with Crippen LogP contribution in [0.5, 0.6) is 23.0 Å². The molecule has 8 fully saturated rings. The van der Waals surface area contributed by atoms with Gasteiger partial charge in [-0.15, -0.1) is 11.3 Å². The Morgan fingerprint density at radius 2 is 1.06 bits per heavy atom. The van der Waals surface area contributed by atoms with Gasteiger partial charge in [-0.1, -0.05) is 162 Å². The largest absolute Gasteiger partial charge is 0.463 e. The van der Waals surface area contributed by atoms with Crippen molar-refractivity contribution in [3.8, 4) is 23.0 Å².